The van der Waals surface area contributed by atoms with E-state index in [9.17, 15) is 8.42 Å². The monoisotopic (exact) mass is 250 g/mol. The van der Waals surface area contributed by atoms with E-state index in [4.69, 9.17) is 0 Å². The Hall–Kier alpha value is 0.170. The maximum absolute atomic E-state index is 11.5. The van der Waals surface area contributed by atoms with E-state index in [1.54, 1.807) is 0 Å². The average molecular weight is 251 g/mol. The van der Waals surface area contributed by atoms with Crippen molar-refractivity contribution in [3.05, 3.63) is 12.2 Å². The molecule has 68 valence electrons. The summed E-state index contributed by atoms with van der Waals surface area (Å²) in [6.07, 6.45) is 7.22. The van der Waals surface area contributed by atoms with Crippen LogP contribution in [0.2, 0.25) is 0 Å². The minimum absolute atomic E-state index is 0.192. The van der Waals surface area contributed by atoms with E-state index in [2.05, 4.69) is 22.0 Å². The minimum Gasteiger partial charge on any atom is -0.228 e. The molecule has 0 spiro atoms. The molecule has 2 bridgehead atoms. The van der Waals surface area contributed by atoms with Crippen molar-refractivity contribution in [2.24, 2.45) is 11.8 Å². The van der Waals surface area contributed by atoms with Crippen molar-refractivity contribution in [3.8, 4) is 0 Å². The van der Waals surface area contributed by atoms with Crippen LogP contribution in [0, 0.1) is 11.8 Å². The Kier molecular flexibility index (Phi) is 1.71. The molecule has 0 saturated heterocycles. The Balaban J connectivity index is 2.43. The summed E-state index contributed by atoms with van der Waals surface area (Å²) in [5, 5.41) is 0. The minimum atomic E-state index is -2.97. The number of hydrogen-bond acceptors (Lipinski definition) is 2. The summed E-state index contributed by atoms with van der Waals surface area (Å²) in [5.41, 5.74) is 0. The second-order valence-electron chi connectivity index (χ2n) is 3.75. The smallest absolute Gasteiger partial charge is 0.163 e. The predicted molar refractivity (Wildman–Crippen MR) is 51.9 cm³/mol. The van der Waals surface area contributed by atoms with Crippen LogP contribution >= 0.6 is 15.9 Å². The van der Waals surface area contributed by atoms with Crippen molar-refractivity contribution < 1.29 is 8.42 Å². The van der Waals surface area contributed by atoms with Crippen LogP contribution in [-0.2, 0) is 9.84 Å². The SMILES string of the molecule is CS(=O)(=O)C1(Br)C[C@@H]2C=C[C@H]1C2. The van der Waals surface area contributed by atoms with Crippen molar-refractivity contribution in [1.82, 2.24) is 0 Å². The molecule has 0 aromatic carbocycles. The Morgan fingerprint density at radius 3 is 2.42 bits per heavy atom. The lowest BCUT2D eigenvalue weighted by atomic mass is 10.1. The predicted octanol–water partition coefficient (Wildman–Crippen LogP) is 1.72. The molecule has 0 aliphatic heterocycles. The van der Waals surface area contributed by atoms with Gasteiger partial charge in [-0.25, -0.2) is 8.42 Å². The number of rotatable bonds is 1. The lowest BCUT2D eigenvalue weighted by molar-refractivity contribution is 0.555. The molecular formula is C8H11BrO2S. The first-order valence-corrected chi connectivity index (χ1v) is 6.69. The Morgan fingerprint density at radius 1 is 1.50 bits per heavy atom. The van der Waals surface area contributed by atoms with Crippen molar-refractivity contribution in [2.45, 2.75) is 16.5 Å². The second kappa shape index (κ2) is 2.35. The molecule has 3 atom stereocenters. The fourth-order valence-corrected chi connectivity index (χ4v) is 4.18. The third-order valence-electron chi connectivity index (χ3n) is 2.88. The van der Waals surface area contributed by atoms with Crippen molar-refractivity contribution in [3.63, 3.8) is 0 Å². The summed E-state index contributed by atoms with van der Waals surface area (Å²) in [6, 6.07) is 0. The van der Waals surface area contributed by atoms with Crippen LogP contribution in [0.4, 0.5) is 0 Å². The molecule has 2 nitrogen and oxygen atoms in total. The zero-order chi connectivity index (χ0) is 8.98. The quantitative estimate of drug-likeness (QED) is 0.525. The van der Waals surface area contributed by atoms with E-state index in [0.29, 0.717) is 5.92 Å². The third-order valence-corrected chi connectivity index (χ3v) is 7.26. The number of allylic oxidation sites excluding steroid dienone is 2. The molecule has 0 amide bonds. The highest BCUT2D eigenvalue weighted by molar-refractivity contribution is 9.11. The van der Waals surface area contributed by atoms with Gasteiger partial charge in [-0.05, 0) is 18.8 Å². The topological polar surface area (TPSA) is 34.1 Å². The first-order valence-electron chi connectivity index (χ1n) is 4.00. The van der Waals surface area contributed by atoms with Gasteiger partial charge in [0.15, 0.2) is 9.84 Å². The van der Waals surface area contributed by atoms with Gasteiger partial charge in [0.2, 0.25) is 0 Å². The summed E-state index contributed by atoms with van der Waals surface area (Å²) in [4.78, 5) is 0. The summed E-state index contributed by atoms with van der Waals surface area (Å²) in [6.45, 7) is 0. The van der Waals surface area contributed by atoms with Gasteiger partial charge in [-0.1, -0.05) is 28.1 Å². The van der Waals surface area contributed by atoms with Gasteiger partial charge in [0.1, 0.15) is 3.66 Å². The van der Waals surface area contributed by atoms with Gasteiger partial charge < -0.3 is 0 Å². The molecule has 1 saturated carbocycles. The second-order valence-corrected chi connectivity index (χ2v) is 7.96. The molecule has 0 radical (unpaired) electrons. The maximum atomic E-state index is 11.5. The Bertz CT molecular complexity index is 333. The van der Waals surface area contributed by atoms with Gasteiger partial charge in [0.25, 0.3) is 0 Å². The molecule has 12 heavy (non-hydrogen) atoms. The van der Waals surface area contributed by atoms with Crippen LogP contribution in [0.5, 0.6) is 0 Å². The lowest BCUT2D eigenvalue weighted by Crippen LogP contribution is -2.35. The van der Waals surface area contributed by atoms with E-state index >= 15 is 0 Å². The lowest BCUT2D eigenvalue weighted by Gasteiger charge is -2.26. The van der Waals surface area contributed by atoms with E-state index in [1.165, 1.54) is 6.26 Å². The largest absolute Gasteiger partial charge is 0.228 e. The van der Waals surface area contributed by atoms with Gasteiger partial charge >= 0.3 is 0 Å². The molecule has 2 rings (SSSR count). The van der Waals surface area contributed by atoms with Gasteiger partial charge in [-0.15, -0.1) is 0 Å². The van der Waals surface area contributed by atoms with Crippen LogP contribution < -0.4 is 0 Å². The standard InChI is InChI=1S/C8H11BrO2S/c1-12(10,11)8(9)5-6-2-3-7(8)4-6/h2-3,6-7H,4-5H2,1H3/t6-,7+,8?/m1/s1. The van der Waals surface area contributed by atoms with Crippen molar-refractivity contribution in [1.29, 1.82) is 0 Å². The number of fused-ring (bicyclic) bond motifs is 2. The van der Waals surface area contributed by atoms with Gasteiger partial charge in [-0.2, -0.15) is 0 Å². The molecule has 0 N–H and O–H groups in total. The molecule has 0 heterocycles. The van der Waals surface area contributed by atoms with E-state index in [-0.39, 0.29) is 5.92 Å². The molecule has 4 heteroatoms. The molecule has 0 aromatic heterocycles. The van der Waals surface area contributed by atoms with Crippen molar-refractivity contribution in [2.75, 3.05) is 6.26 Å². The van der Waals surface area contributed by atoms with Crippen molar-refractivity contribution >= 4 is 25.8 Å². The summed E-state index contributed by atoms with van der Waals surface area (Å²) < 4.78 is 22.3. The van der Waals surface area contributed by atoms with Gasteiger partial charge in [0, 0.05) is 12.2 Å². The fraction of sp³-hybridized carbons (Fsp3) is 0.750. The average Bonchev–Trinajstić information content (AvgIpc) is 2.43. The molecule has 1 unspecified atom stereocenters. The first-order chi connectivity index (χ1) is 5.43. The summed E-state index contributed by atoms with van der Waals surface area (Å²) in [7, 11) is -2.97. The molecule has 0 aromatic rings. The first kappa shape index (κ1) is 8.75. The normalized spacial score (nSPS) is 45.5. The highest BCUT2D eigenvalue weighted by Crippen LogP contribution is 2.53. The molecule has 1 fully saturated rings. The van der Waals surface area contributed by atoms with Crippen LogP contribution in [0.3, 0.4) is 0 Å². The number of alkyl halides is 1. The van der Waals surface area contributed by atoms with E-state index < -0.39 is 13.5 Å². The third kappa shape index (κ3) is 1.01. The number of sulfone groups is 1. The summed E-state index contributed by atoms with van der Waals surface area (Å²) >= 11 is 3.38. The van der Waals surface area contributed by atoms with Gasteiger partial charge in [-0.3, -0.25) is 0 Å². The molecular weight excluding hydrogens is 240 g/mol. The van der Waals surface area contributed by atoms with Crippen LogP contribution in [0.15, 0.2) is 12.2 Å². The highest BCUT2D eigenvalue weighted by atomic mass is 79.9. The molecule has 2 aliphatic rings. The van der Waals surface area contributed by atoms with Crippen LogP contribution in [-0.4, -0.2) is 18.3 Å². The summed E-state index contributed by atoms with van der Waals surface area (Å²) in [5.74, 6) is 0.668. The van der Waals surface area contributed by atoms with Gasteiger partial charge in [0.05, 0.1) is 0 Å². The number of hydrogen-bond donors (Lipinski definition) is 0. The van der Waals surface area contributed by atoms with E-state index in [0.717, 1.165) is 12.8 Å². The Labute approximate surface area is 81.1 Å². The fourth-order valence-electron chi connectivity index (χ4n) is 2.18. The molecule has 2 aliphatic carbocycles. The maximum Gasteiger partial charge on any atom is 0.163 e. The number of halogens is 1. The zero-order valence-corrected chi connectivity index (χ0v) is 9.23. The highest BCUT2D eigenvalue weighted by Gasteiger charge is 2.53. The zero-order valence-electron chi connectivity index (χ0n) is 6.83. The Morgan fingerprint density at radius 2 is 2.17 bits per heavy atom. The van der Waals surface area contributed by atoms with Crippen LogP contribution in [0.25, 0.3) is 0 Å². The van der Waals surface area contributed by atoms with E-state index in [1.807, 2.05) is 6.08 Å². The van der Waals surface area contributed by atoms with Crippen LogP contribution in [0.1, 0.15) is 12.8 Å².